The fourth-order valence-corrected chi connectivity index (χ4v) is 2.90. The maximum Gasteiger partial charge on any atom is 0.270 e. The zero-order valence-electron chi connectivity index (χ0n) is 11.9. The second-order valence-corrected chi connectivity index (χ2v) is 6.36. The number of hydrogen-bond acceptors (Lipinski definition) is 8. The van der Waals surface area contributed by atoms with Crippen molar-refractivity contribution in [2.75, 3.05) is 5.32 Å². The summed E-state index contributed by atoms with van der Waals surface area (Å²) >= 11 is 2.65. The molecule has 0 spiro atoms. The Morgan fingerprint density at radius 1 is 1.29 bits per heavy atom. The number of hydrogen-bond donors (Lipinski definition) is 1. The lowest BCUT2D eigenvalue weighted by Crippen LogP contribution is -2.11. The summed E-state index contributed by atoms with van der Waals surface area (Å²) in [5, 5.41) is 23.6. The summed E-state index contributed by atoms with van der Waals surface area (Å²) in [5.41, 5.74) is 0.0178. The van der Waals surface area contributed by atoms with E-state index in [1.54, 1.807) is 17.6 Å². The van der Waals surface area contributed by atoms with Gasteiger partial charge in [0.05, 0.1) is 4.92 Å². The number of benzene rings is 1. The van der Waals surface area contributed by atoms with Crippen LogP contribution in [0.3, 0.4) is 0 Å². The van der Waals surface area contributed by atoms with Crippen LogP contribution in [0.15, 0.2) is 46.8 Å². The Morgan fingerprint density at radius 3 is 2.92 bits per heavy atom. The maximum atomic E-state index is 12.1. The summed E-state index contributed by atoms with van der Waals surface area (Å²) in [6.07, 6.45) is 1.66. The van der Waals surface area contributed by atoms with Gasteiger partial charge in [0.2, 0.25) is 10.3 Å². The number of rotatable bonds is 5. The molecule has 24 heavy (non-hydrogen) atoms. The van der Waals surface area contributed by atoms with Crippen LogP contribution in [-0.4, -0.2) is 27.2 Å². The molecule has 1 N–H and O–H groups in total. The maximum absolute atomic E-state index is 12.1. The fraction of sp³-hybridized carbons (Fsp3) is 0. The molecule has 120 valence electrons. The molecule has 10 heteroatoms. The van der Waals surface area contributed by atoms with Gasteiger partial charge in [-0.1, -0.05) is 23.5 Å². The average molecular weight is 359 g/mol. The number of thiophene rings is 1. The number of aromatic nitrogens is 2. The number of nitro groups is 1. The molecule has 1 aromatic carbocycles. The van der Waals surface area contributed by atoms with Crippen molar-refractivity contribution in [3.63, 3.8) is 0 Å². The molecule has 2 aromatic heterocycles. The van der Waals surface area contributed by atoms with Crippen molar-refractivity contribution in [3.8, 4) is 0 Å². The Hall–Kier alpha value is -2.98. The molecule has 0 fully saturated rings. The first-order chi connectivity index (χ1) is 11.6. The first-order valence-corrected chi connectivity index (χ1v) is 8.28. The molecule has 0 radical (unpaired) electrons. The number of nitro benzene ring substituents is 1. The van der Waals surface area contributed by atoms with E-state index in [2.05, 4.69) is 20.5 Å². The molecule has 0 aliphatic carbocycles. The standard InChI is InChI=1S/C14H9N5O3S2/c20-12(9-3-1-4-10(7-9)19(21)22)16-14-18-17-13(24-14)15-8-11-5-2-6-23-11/h1-8H,(H,16,18,20). The molecule has 3 aromatic rings. The number of amides is 1. The van der Waals surface area contributed by atoms with E-state index in [1.807, 2.05) is 17.5 Å². The Bertz CT molecular complexity index is 905. The minimum absolute atomic E-state index is 0.152. The molecular weight excluding hydrogens is 350 g/mol. The molecule has 3 rings (SSSR count). The third kappa shape index (κ3) is 3.86. The molecule has 2 heterocycles. The summed E-state index contributed by atoms with van der Waals surface area (Å²) in [4.78, 5) is 27.5. The lowest BCUT2D eigenvalue weighted by Gasteiger charge is -2.00. The van der Waals surface area contributed by atoms with E-state index in [-0.39, 0.29) is 16.4 Å². The van der Waals surface area contributed by atoms with Gasteiger partial charge in [0.15, 0.2) is 0 Å². The third-order valence-electron chi connectivity index (χ3n) is 2.80. The molecule has 0 unspecified atom stereocenters. The second-order valence-electron chi connectivity index (χ2n) is 4.42. The van der Waals surface area contributed by atoms with Gasteiger partial charge in [-0.15, -0.1) is 21.5 Å². The highest BCUT2D eigenvalue weighted by molar-refractivity contribution is 7.19. The highest BCUT2D eigenvalue weighted by Crippen LogP contribution is 2.24. The highest BCUT2D eigenvalue weighted by Gasteiger charge is 2.13. The molecule has 0 aliphatic heterocycles. The lowest BCUT2D eigenvalue weighted by molar-refractivity contribution is -0.384. The Balaban J connectivity index is 1.69. The van der Waals surface area contributed by atoms with Crippen molar-refractivity contribution < 1.29 is 9.72 Å². The summed E-state index contributed by atoms with van der Waals surface area (Å²) in [5.74, 6) is -0.497. The van der Waals surface area contributed by atoms with Gasteiger partial charge in [-0.3, -0.25) is 20.2 Å². The van der Waals surface area contributed by atoms with Crippen molar-refractivity contribution in [3.05, 3.63) is 62.3 Å². The van der Waals surface area contributed by atoms with Crippen molar-refractivity contribution in [1.82, 2.24) is 10.2 Å². The minimum atomic E-state index is -0.556. The molecule has 0 saturated heterocycles. The van der Waals surface area contributed by atoms with Crippen LogP contribution >= 0.6 is 22.7 Å². The SMILES string of the molecule is O=C(Nc1nnc(N=Cc2cccs2)s1)c1cccc([N+](=O)[O-])c1. The Kier molecular flexibility index (Phi) is 4.68. The topological polar surface area (TPSA) is 110 Å². The normalized spacial score (nSPS) is 10.8. The summed E-state index contributed by atoms with van der Waals surface area (Å²) in [6.45, 7) is 0. The number of carbonyl (C=O) groups is 1. The summed E-state index contributed by atoms with van der Waals surface area (Å²) in [6, 6.07) is 9.28. The highest BCUT2D eigenvalue weighted by atomic mass is 32.1. The van der Waals surface area contributed by atoms with E-state index in [0.717, 1.165) is 16.2 Å². The quantitative estimate of drug-likeness (QED) is 0.426. The zero-order valence-corrected chi connectivity index (χ0v) is 13.6. The van der Waals surface area contributed by atoms with Crippen LogP contribution < -0.4 is 5.32 Å². The van der Waals surface area contributed by atoms with Crippen molar-refractivity contribution >= 4 is 50.7 Å². The molecular formula is C14H9N5O3S2. The Labute approximate surface area is 143 Å². The van der Waals surface area contributed by atoms with Crippen molar-refractivity contribution in [1.29, 1.82) is 0 Å². The monoisotopic (exact) mass is 359 g/mol. The van der Waals surface area contributed by atoms with Gasteiger partial charge in [-0.2, -0.15) is 0 Å². The van der Waals surface area contributed by atoms with E-state index in [1.165, 1.54) is 24.3 Å². The second kappa shape index (κ2) is 7.06. The van der Waals surface area contributed by atoms with Gasteiger partial charge in [-0.25, -0.2) is 4.99 Å². The fourth-order valence-electron chi connectivity index (χ4n) is 1.73. The van der Waals surface area contributed by atoms with Crippen LogP contribution in [0.5, 0.6) is 0 Å². The largest absolute Gasteiger partial charge is 0.296 e. The van der Waals surface area contributed by atoms with Crippen LogP contribution in [0, 0.1) is 10.1 Å². The number of non-ortho nitro benzene ring substituents is 1. The van der Waals surface area contributed by atoms with Crippen LogP contribution in [0.1, 0.15) is 15.2 Å². The first kappa shape index (κ1) is 15.9. The predicted octanol–water partition coefficient (Wildman–Crippen LogP) is 3.51. The van der Waals surface area contributed by atoms with E-state index in [9.17, 15) is 14.9 Å². The summed E-state index contributed by atoms with van der Waals surface area (Å²) < 4.78 is 0. The van der Waals surface area contributed by atoms with Gasteiger partial charge in [0, 0.05) is 28.8 Å². The molecule has 0 atom stereocenters. The third-order valence-corrected chi connectivity index (χ3v) is 4.35. The van der Waals surface area contributed by atoms with Gasteiger partial charge in [0.25, 0.3) is 11.6 Å². The molecule has 8 nitrogen and oxygen atoms in total. The minimum Gasteiger partial charge on any atom is -0.296 e. The van der Waals surface area contributed by atoms with E-state index in [4.69, 9.17) is 0 Å². The van der Waals surface area contributed by atoms with Crippen LogP contribution in [-0.2, 0) is 0 Å². The van der Waals surface area contributed by atoms with E-state index in [0.29, 0.717) is 5.13 Å². The lowest BCUT2D eigenvalue weighted by atomic mass is 10.2. The molecule has 1 amide bonds. The molecule has 0 bridgehead atoms. The number of nitrogens with one attached hydrogen (secondary N) is 1. The molecule has 0 aliphatic rings. The number of aliphatic imine (C=N–C) groups is 1. The number of carbonyl (C=O) groups excluding carboxylic acids is 1. The number of anilines is 1. The van der Waals surface area contributed by atoms with Crippen LogP contribution in [0.2, 0.25) is 0 Å². The average Bonchev–Trinajstić information content (AvgIpc) is 3.24. The van der Waals surface area contributed by atoms with Gasteiger partial charge in [0.1, 0.15) is 0 Å². The van der Waals surface area contributed by atoms with E-state index < -0.39 is 10.8 Å². The van der Waals surface area contributed by atoms with Gasteiger partial charge in [-0.05, 0) is 17.5 Å². The number of nitrogens with zero attached hydrogens (tertiary/aromatic N) is 4. The van der Waals surface area contributed by atoms with Crippen LogP contribution in [0.25, 0.3) is 0 Å². The first-order valence-electron chi connectivity index (χ1n) is 6.59. The molecule has 0 saturated carbocycles. The van der Waals surface area contributed by atoms with Gasteiger partial charge < -0.3 is 0 Å². The summed E-state index contributed by atoms with van der Waals surface area (Å²) in [7, 11) is 0. The van der Waals surface area contributed by atoms with Crippen molar-refractivity contribution in [2.45, 2.75) is 0 Å². The van der Waals surface area contributed by atoms with Crippen LogP contribution in [0.4, 0.5) is 16.0 Å². The Morgan fingerprint density at radius 2 is 2.17 bits per heavy atom. The van der Waals surface area contributed by atoms with E-state index >= 15 is 0 Å². The smallest absolute Gasteiger partial charge is 0.270 e. The van der Waals surface area contributed by atoms with Crippen molar-refractivity contribution in [2.24, 2.45) is 4.99 Å². The zero-order chi connectivity index (χ0) is 16.9. The predicted molar refractivity (Wildman–Crippen MR) is 92.5 cm³/mol. The van der Waals surface area contributed by atoms with Gasteiger partial charge >= 0.3 is 0 Å².